The average Bonchev–Trinajstić information content (AvgIpc) is 2.95. The van der Waals surface area contributed by atoms with Gasteiger partial charge >= 0.3 is 5.97 Å². The molecule has 0 amide bonds. The van der Waals surface area contributed by atoms with Crippen LogP contribution in [-0.4, -0.2) is 24.6 Å². The highest BCUT2D eigenvalue weighted by molar-refractivity contribution is 5.88. The Kier molecular flexibility index (Phi) is 3.41. The predicted molar refractivity (Wildman–Crippen MR) is 74.8 cm³/mol. The van der Waals surface area contributed by atoms with Gasteiger partial charge in [0.25, 0.3) is 0 Å². The largest absolute Gasteiger partial charge is 0.545 e. The summed E-state index contributed by atoms with van der Waals surface area (Å²) in [5, 5.41) is 14.2. The molecule has 1 aliphatic carbocycles. The van der Waals surface area contributed by atoms with E-state index in [1.54, 1.807) is 19.1 Å². The van der Waals surface area contributed by atoms with E-state index < -0.39 is 12.0 Å². The van der Waals surface area contributed by atoms with E-state index >= 15 is 0 Å². The van der Waals surface area contributed by atoms with Gasteiger partial charge in [-0.25, -0.2) is 4.79 Å². The molecule has 0 saturated carbocycles. The fourth-order valence-corrected chi connectivity index (χ4v) is 3.19. The lowest BCUT2D eigenvalue weighted by molar-refractivity contribution is -0.255. The molecule has 0 unspecified atom stereocenters. The van der Waals surface area contributed by atoms with E-state index in [0.29, 0.717) is 6.61 Å². The molecule has 2 aliphatic rings. The van der Waals surface area contributed by atoms with Crippen LogP contribution in [0.5, 0.6) is 0 Å². The Balaban J connectivity index is 1.98. The number of carbonyl (C=O) groups is 2. The Labute approximate surface area is 122 Å². The van der Waals surface area contributed by atoms with Crippen molar-refractivity contribution in [1.29, 1.82) is 0 Å². The maximum absolute atomic E-state index is 12.1. The van der Waals surface area contributed by atoms with Crippen molar-refractivity contribution in [2.75, 3.05) is 11.9 Å². The van der Waals surface area contributed by atoms with Crippen molar-refractivity contribution in [2.45, 2.75) is 25.3 Å². The van der Waals surface area contributed by atoms with Crippen LogP contribution < -0.4 is 10.4 Å². The zero-order valence-electron chi connectivity index (χ0n) is 11.7. The molecule has 1 heterocycles. The van der Waals surface area contributed by atoms with Gasteiger partial charge in [-0.15, -0.1) is 0 Å². The minimum absolute atomic E-state index is 0.0370. The highest BCUT2D eigenvalue weighted by Crippen LogP contribution is 2.45. The number of anilines is 1. The normalized spacial score (nSPS) is 25.7. The Bertz CT molecular complexity index is 623. The van der Waals surface area contributed by atoms with E-state index in [2.05, 4.69) is 5.32 Å². The Morgan fingerprint density at radius 3 is 2.95 bits per heavy atom. The van der Waals surface area contributed by atoms with Gasteiger partial charge in [-0.3, -0.25) is 0 Å². The predicted octanol–water partition coefficient (Wildman–Crippen LogP) is 1.07. The number of carboxylic acid groups (broad SMARTS) is 1. The van der Waals surface area contributed by atoms with Crippen molar-refractivity contribution in [3.8, 4) is 0 Å². The second kappa shape index (κ2) is 5.24. The third-order valence-corrected chi connectivity index (χ3v) is 4.14. The van der Waals surface area contributed by atoms with Crippen LogP contribution in [0.1, 0.15) is 35.2 Å². The van der Waals surface area contributed by atoms with Gasteiger partial charge in [-0.05, 0) is 36.6 Å². The van der Waals surface area contributed by atoms with Gasteiger partial charge in [-0.1, -0.05) is 18.2 Å². The maximum Gasteiger partial charge on any atom is 0.328 e. The summed E-state index contributed by atoms with van der Waals surface area (Å²) < 4.78 is 5.13. The number of esters is 1. The van der Waals surface area contributed by atoms with Gasteiger partial charge in [0.05, 0.1) is 12.6 Å². The molecule has 1 N–H and O–H groups in total. The molecule has 0 radical (unpaired) electrons. The number of benzene rings is 1. The standard InChI is InChI=1S/C16H17NO4/c1-2-21-16(20)14-11-5-3-4-10(11)12-8-9(15(18)19)6-7-13(12)17-14/h3-4,6-8,10-11,14,17H,2,5H2,1H3,(H,18,19)/p-1/t10-,11-,14-/m1/s1. The van der Waals surface area contributed by atoms with Crippen molar-refractivity contribution in [3.63, 3.8) is 0 Å². The van der Waals surface area contributed by atoms with Crippen LogP contribution in [0, 0.1) is 5.92 Å². The molecule has 21 heavy (non-hydrogen) atoms. The molecule has 5 nitrogen and oxygen atoms in total. The minimum Gasteiger partial charge on any atom is -0.545 e. The van der Waals surface area contributed by atoms with Crippen molar-refractivity contribution < 1.29 is 19.4 Å². The minimum atomic E-state index is -1.19. The van der Waals surface area contributed by atoms with Crippen LogP contribution in [0.4, 0.5) is 5.69 Å². The summed E-state index contributed by atoms with van der Waals surface area (Å²) in [5.74, 6) is -1.35. The van der Waals surface area contributed by atoms with Gasteiger partial charge in [0, 0.05) is 17.5 Å². The quantitative estimate of drug-likeness (QED) is 0.664. The Morgan fingerprint density at radius 2 is 2.24 bits per heavy atom. The van der Waals surface area contributed by atoms with E-state index in [-0.39, 0.29) is 23.4 Å². The molecular weight excluding hydrogens is 270 g/mol. The summed E-state index contributed by atoms with van der Waals surface area (Å²) in [6.07, 6.45) is 4.84. The van der Waals surface area contributed by atoms with Crippen molar-refractivity contribution in [1.82, 2.24) is 0 Å². The molecule has 0 bridgehead atoms. The number of fused-ring (bicyclic) bond motifs is 3. The summed E-state index contributed by atoms with van der Waals surface area (Å²) in [5.41, 5.74) is 1.84. The van der Waals surface area contributed by atoms with Crippen molar-refractivity contribution in [2.24, 2.45) is 5.92 Å². The van der Waals surface area contributed by atoms with E-state index in [1.165, 1.54) is 6.07 Å². The number of nitrogens with one attached hydrogen (secondary N) is 1. The number of hydrogen-bond donors (Lipinski definition) is 1. The highest BCUT2D eigenvalue weighted by Gasteiger charge is 2.41. The van der Waals surface area contributed by atoms with Gasteiger partial charge in [-0.2, -0.15) is 0 Å². The van der Waals surface area contributed by atoms with Crippen LogP contribution in [0.15, 0.2) is 30.4 Å². The number of hydrogen-bond acceptors (Lipinski definition) is 5. The zero-order chi connectivity index (χ0) is 15.0. The lowest BCUT2D eigenvalue weighted by Gasteiger charge is -2.35. The van der Waals surface area contributed by atoms with Crippen LogP contribution in [0.2, 0.25) is 0 Å². The van der Waals surface area contributed by atoms with E-state index in [0.717, 1.165) is 17.7 Å². The summed E-state index contributed by atoms with van der Waals surface area (Å²) in [7, 11) is 0. The molecule has 5 heteroatoms. The monoisotopic (exact) mass is 286 g/mol. The second-order valence-electron chi connectivity index (χ2n) is 5.32. The van der Waals surface area contributed by atoms with Gasteiger partial charge in [0.2, 0.25) is 0 Å². The molecule has 1 aromatic carbocycles. The van der Waals surface area contributed by atoms with Crippen molar-refractivity contribution >= 4 is 17.6 Å². The lowest BCUT2D eigenvalue weighted by atomic mass is 9.79. The summed E-state index contributed by atoms with van der Waals surface area (Å²) in [4.78, 5) is 23.1. The van der Waals surface area contributed by atoms with E-state index in [9.17, 15) is 14.7 Å². The molecule has 0 aromatic heterocycles. The molecule has 1 aliphatic heterocycles. The maximum atomic E-state index is 12.1. The van der Waals surface area contributed by atoms with Crippen LogP contribution >= 0.6 is 0 Å². The number of ether oxygens (including phenoxy) is 1. The van der Waals surface area contributed by atoms with Crippen LogP contribution in [0.25, 0.3) is 0 Å². The first-order valence-electron chi connectivity index (χ1n) is 7.07. The fraction of sp³-hybridized carbons (Fsp3) is 0.375. The number of rotatable bonds is 3. The Morgan fingerprint density at radius 1 is 1.43 bits per heavy atom. The Hall–Kier alpha value is -2.30. The summed E-state index contributed by atoms with van der Waals surface area (Å²) >= 11 is 0. The zero-order valence-corrected chi connectivity index (χ0v) is 11.7. The lowest BCUT2D eigenvalue weighted by Crippen LogP contribution is -2.43. The number of carboxylic acids is 1. The highest BCUT2D eigenvalue weighted by atomic mass is 16.5. The van der Waals surface area contributed by atoms with E-state index in [4.69, 9.17) is 4.74 Å². The summed E-state index contributed by atoms with van der Waals surface area (Å²) in [6, 6.07) is 4.41. The molecule has 0 saturated heterocycles. The third kappa shape index (κ3) is 2.28. The number of aromatic carboxylic acids is 1. The summed E-state index contributed by atoms with van der Waals surface area (Å²) in [6.45, 7) is 2.13. The van der Waals surface area contributed by atoms with Crippen LogP contribution in [0.3, 0.4) is 0 Å². The topological polar surface area (TPSA) is 78.5 Å². The van der Waals surface area contributed by atoms with E-state index in [1.807, 2.05) is 12.2 Å². The van der Waals surface area contributed by atoms with Gasteiger partial charge in [0.1, 0.15) is 6.04 Å². The number of carbonyl (C=O) groups excluding carboxylic acids is 2. The van der Waals surface area contributed by atoms with Gasteiger partial charge in [0.15, 0.2) is 0 Å². The second-order valence-corrected chi connectivity index (χ2v) is 5.32. The molecule has 1 aromatic rings. The molecule has 110 valence electrons. The third-order valence-electron chi connectivity index (χ3n) is 4.14. The fourth-order valence-electron chi connectivity index (χ4n) is 3.19. The van der Waals surface area contributed by atoms with Crippen LogP contribution in [-0.2, 0) is 9.53 Å². The first-order chi connectivity index (χ1) is 10.1. The number of allylic oxidation sites excluding steroid dienone is 2. The van der Waals surface area contributed by atoms with Crippen molar-refractivity contribution in [3.05, 3.63) is 41.5 Å². The first kappa shape index (κ1) is 13.7. The van der Waals surface area contributed by atoms with Gasteiger partial charge < -0.3 is 20.0 Å². The molecule has 0 fully saturated rings. The average molecular weight is 286 g/mol. The molecule has 0 spiro atoms. The SMILES string of the molecule is CCOC(=O)[C@@H]1Nc2ccc(C(=O)[O-])cc2[C@@H]2C=CC[C@@H]12. The first-order valence-corrected chi connectivity index (χ1v) is 7.07. The molecule has 3 rings (SSSR count). The molecule has 3 atom stereocenters. The molecular formula is C16H16NO4-. The smallest absolute Gasteiger partial charge is 0.328 e.